The van der Waals surface area contributed by atoms with Crippen molar-refractivity contribution in [2.75, 3.05) is 13.6 Å². The average molecular weight is 416 g/mol. The van der Waals surface area contributed by atoms with E-state index in [1.165, 1.54) is 11.0 Å². The second-order valence-electron chi connectivity index (χ2n) is 7.49. The molecule has 0 fully saturated rings. The third-order valence-electron chi connectivity index (χ3n) is 5.19. The fourth-order valence-electron chi connectivity index (χ4n) is 3.47. The second kappa shape index (κ2) is 9.80. The highest BCUT2D eigenvalue weighted by Crippen LogP contribution is 2.18. The zero-order chi connectivity index (χ0) is 21.5. The highest BCUT2D eigenvalue weighted by molar-refractivity contribution is 5.94. The molecule has 1 N–H and O–H groups in total. The van der Waals surface area contributed by atoms with Crippen molar-refractivity contribution in [3.8, 4) is 16.9 Å². The van der Waals surface area contributed by atoms with Crippen LogP contribution in [0.25, 0.3) is 16.9 Å². The zero-order valence-corrected chi connectivity index (χ0v) is 17.5. The van der Waals surface area contributed by atoms with E-state index in [4.69, 9.17) is 0 Å². The predicted octanol–water partition coefficient (Wildman–Crippen LogP) is 3.54. The molecule has 0 atom stereocenters. The van der Waals surface area contributed by atoms with E-state index >= 15 is 0 Å². The van der Waals surface area contributed by atoms with Gasteiger partial charge in [-0.3, -0.25) is 9.89 Å². The van der Waals surface area contributed by atoms with Crippen LogP contribution in [0.1, 0.15) is 35.3 Å². The van der Waals surface area contributed by atoms with E-state index in [9.17, 15) is 4.79 Å². The van der Waals surface area contributed by atoms with Crippen LogP contribution in [0.4, 0.5) is 0 Å². The van der Waals surface area contributed by atoms with Gasteiger partial charge in [-0.1, -0.05) is 42.8 Å². The maximum absolute atomic E-state index is 12.7. The van der Waals surface area contributed by atoms with Crippen molar-refractivity contribution in [1.82, 2.24) is 35.3 Å². The number of unbranched alkanes of at least 4 members (excludes halogenated alkanes) is 2. The van der Waals surface area contributed by atoms with Gasteiger partial charge in [-0.05, 0) is 54.0 Å². The number of amides is 1. The lowest BCUT2D eigenvalue weighted by Gasteiger charge is -2.17. The third kappa shape index (κ3) is 5.22. The average Bonchev–Trinajstić information content (AvgIpc) is 3.51. The maximum Gasteiger partial charge on any atom is 0.253 e. The number of tetrazole rings is 1. The molecule has 0 unspecified atom stereocenters. The van der Waals surface area contributed by atoms with Crippen molar-refractivity contribution in [2.24, 2.45) is 0 Å². The molecule has 0 aliphatic rings. The molecule has 8 heteroatoms. The first kappa shape index (κ1) is 20.5. The van der Waals surface area contributed by atoms with Gasteiger partial charge in [0, 0.05) is 30.4 Å². The van der Waals surface area contributed by atoms with Gasteiger partial charge in [0.2, 0.25) is 0 Å². The molecule has 2 heterocycles. The summed E-state index contributed by atoms with van der Waals surface area (Å²) in [4.78, 5) is 14.5. The molecule has 8 nitrogen and oxygen atoms in total. The van der Waals surface area contributed by atoms with Gasteiger partial charge in [0.15, 0.2) is 0 Å². The lowest BCUT2D eigenvalue weighted by Crippen LogP contribution is -2.27. The molecule has 4 aromatic rings. The molecule has 0 aliphatic carbocycles. The Morgan fingerprint density at radius 2 is 1.90 bits per heavy atom. The molecule has 158 valence electrons. The molecule has 0 saturated carbocycles. The monoisotopic (exact) mass is 415 g/mol. The minimum atomic E-state index is -0.00371. The number of hydrogen-bond donors (Lipinski definition) is 1. The summed E-state index contributed by atoms with van der Waals surface area (Å²) in [6.07, 6.45) is 5.51. The first-order valence-electron chi connectivity index (χ1n) is 10.4. The Hall–Kier alpha value is -3.81. The number of H-pyrrole nitrogens is 1. The van der Waals surface area contributed by atoms with Crippen molar-refractivity contribution >= 4 is 5.91 Å². The number of aryl methyl sites for hydroxylation is 1. The second-order valence-corrected chi connectivity index (χ2v) is 7.49. The third-order valence-corrected chi connectivity index (χ3v) is 5.19. The fraction of sp³-hybridized carbons (Fsp3) is 0.261. The Labute approximate surface area is 180 Å². The number of nitrogens with one attached hydrogen (secondary N) is 1. The summed E-state index contributed by atoms with van der Waals surface area (Å²) in [5.74, 6) is -0.00371. The van der Waals surface area contributed by atoms with E-state index < -0.39 is 0 Å². The largest absolute Gasteiger partial charge is 0.342 e. The number of carbonyl (C=O) groups excluding carboxylic acids is 1. The molecular formula is C23H25N7O. The van der Waals surface area contributed by atoms with E-state index in [0.717, 1.165) is 48.3 Å². The number of aromatic amines is 1. The van der Waals surface area contributed by atoms with Crippen molar-refractivity contribution < 1.29 is 4.79 Å². The number of benzene rings is 2. The number of nitrogens with zero attached hydrogens (tertiary/aromatic N) is 6. The number of aromatic nitrogens is 6. The number of carbonyl (C=O) groups is 1. The molecule has 0 aliphatic heterocycles. The summed E-state index contributed by atoms with van der Waals surface area (Å²) in [5.41, 5.74) is 4.63. The van der Waals surface area contributed by atoms with Crippen LogP contribution in [0.3, 0.4) is 0 Å². The van der Waals surface area contributed by atoms with Crippen molar-refractivity contribution in [2.45, 2.75) is 25.7 Å². The quantitative estimate of drug-likeness (QED) is 0.422. The summed E-state index contributed by atoms with van der Waals surface area (Å²) in [7, 11) is 1.84. The highest BCUT2D eigenvalue weighted by Gasteiger charge is 2.12. The van der Waals surface area contributed by atoms with E-state index in [1.54, 1.807) is 11.0 Å². The summed E-state index contributed by atoms with van der Waals surface area (Å²) in [6.45, 7) is 0.714. The first-order valence-corrected chi connectivity index (χ1v) is 10.4. The van der Waals surface area contributed by atoms with Crippen molar-refractivity contribution in [3.63, 3.8) is 0 Å². The smallest absolute Gasteiger partial charge is 0.253 e. The molecule has 1 amide bonds. The van der Waals surface area contributed by atoms with Crippen LogP contribution >= 0.6 is 0 Å². The van der Waals surface area contributed by atoms with Gasteiger partial charge in [0.25, 0.3) is 5.91 Å². The van der Waals surface area contributed by atoms with Gasteiger partial charge >= 0.3 is 0 Å². The number of rotatable bonds is 9. The molecule has 2 aromatic heterocycles. The van der Waals surface area contributed by atoms with Crippen LogP contribution in [0.5, 0.6) is 0 Å². The van der Waals surface area contributed by atoms with Gasteiger partial charge in [0.1, 0.15) is 6.33 Å². The lowest BCUT2D eigenvalue weighted by molar-refractivity contribution is 0.0792. The molecule has 0 bridgehead atoms. The fourth-order valence-corrected chi connectivity index (χ4v) is 3.47. The SMILES string of the molecule is CN(CCCCCc1cc(-c2ccccc2)n[nH]1)C(=O)c1cccc(-n2cnnn2)c1. The molecular weight excluding hydrogens is 390 g/mol. The van der Waals surface area contributed by atoms with Gasteiger partial charge in [-0.25, -0.2) is 4.68 Å². The van der Waals surface area contributed by atoms with Crippen LogP contribution in [0.2, 0.25) is 0 Å². The first-order chi connectivity index (χ1) is 15.2. The van der Waals surface area contributed by atoms with Crippen LogP contribution in [-0.2, 0) is 6.42 Å². The Bertz CT molecular complexity index is 1110. The minimum Gasteiger partial charge on any atom is -0.342 e. The van der Waals surface area contributed by atoms with E-state index in [0.29, 0.717) is 12.1 Å². The van der Waals surface area contributed by atoms with Gasteiger partial charge < -0.3 is 4.90 Å². The molecule has 0 saturated heterocycles. The Morgan fingerprint density at radius 3 is 2.71 bits per heavy atom. The molecule has 31 heavy (non-hydrogen) atoms. The predicted molar refractivity (Wildman–Crippen MR) is 118 cm³/mol. The Kier molecular flexibility index (Phi) is 6.47. The van der Waals surface area contributed by atoms with Crippen LogP contribution in [0, 0.1) is 0 Å². The maximum atomic E-state index is 12.7. The van der Waals surface area contributed by atoms with Gasteiger partial charge in [-0.2, -0.15) is 5.10 Å². The summed E-state index contributed by atoms with van der Waals surface area (Å²) in [6, 6.07) is 19.6. The Balaban J connectivity index is 1.22. The molecule has 2 aromatic carbocycles. The van der Waals surface area contributed by atoms with Crippen LogP contribution in [-0.4, -0.2) is 54.8 Å². The van der Waals surface area contributed by atoms with Crippen LogP contribution < -0.4 is 0 Å². The summed E-state index contributed by atoms with van der Waals surface area (Å²) in [5, 5.41) is 18.7. The van der Waals surface area contributed by atoms with Crippen LogP contribution in [0.15, 0.2) is 67.0 Å². The molecule has 0 radical (unpaired) electrons. The summed E-state index contributed by atoms with van der Waals surface area (Å²) >= 11 is 0. The van der Waals surface area contributed by atoms with Gasteiger partial charge in [0.05, 0.1) is 11.4 Å². The molecule has 0 spiro atoms. The normalized spacial score (nSPS) is 10.9. The van der Waals surface area contributed by atoms with Gasteiger partial charge in [-0.15, -0.1) is 5.10 Å². The standard InChI is InChI=1S/C23H25N7O/c1-29(23(31)19-11-8-13-21(15-19)30-17-24-27-28-30)14-7-3-6-12-20-16-22(26-25-20)18-9-4-2-5-10-18/h2,4-5,8-11,13,15-17H,3,6-7,12,14H2,1H3,(H,25,26). The van der Waals surface area contributed by atoms with E-state index in [1.807, 2.05) is 43.4 Å². The number of hydrogen-bond acceptors (Lipinski definition) is 5. The zero-order valence-electron chi connectivity index (χ0n) is 17.5. The Morgan fingerprint density at radius 1 is 1.03 bits per heavy atom. The van der Waals surface area contributed by atoms with E-state index in [2.05, 4.69) is 43.9 Å². The minimum absolute atomic E-state index is 0.00371. The van der Waals surface area contributed by atoms with E-state index in [-0.39, 0.29) is 5.91 Å². The van der Waals surface area contributed by atoms with Crippen molar-refractivity contribution in [3.05, 3.63) is 78.2 Å². The summed E-state index contributed by atoms with van der Waals surface area (Å²) < 4.78 is 1.54. The topological polar surface area (TPSA) is 92.6 Å². The lowest BCUT2D eigenvalue weighted by atomic mass is 10.1. The molecule has 4 rings (SSSR count). The highest BCUT2D eigenvalue weighted by atomic mass is 16.2. The van der Waals surface area contributed by atoms with Crippen molar-refractivity contribution in [1.29, 1.82) is 0 Å².